The second-order valence-electron chi connectivity index (χ2n) is 4.61. The summed E-state index contributed by atoms with van der Waals surface area (Å²) >= 11 is 3.42. The van der Waals surface area contributed by atoms with E-state index in [-0.39, 0.29) is 0 Å². The van der Waals surface area contributed by atoms with Crippen LogP contribution in [0.3, 0.4) is 0 Å². The van der Waals surface area contributed by atoms with E-state index in [1.807, 2.05) is 24.3 Å². The van der Waals surface area contributed by atoms with Gasteiger partial charge >= 0.3 is 0 Å². The normalized spacial score (nSPS) is 10.3. The van der Waals surface area contributed by atoms with Crippen LogP contribution in [0.25, 0.3) is 0 Å². The fourth-order valence-corrected chi connectivity index (χ4v) is 2.44. The van der Waals surface area contributed by atoms with E-state index in [1.54, 1.807) is 0 Å². The predicted octanol–water partition coefficient (Wildman–Crippen LogP) is 4.21. The van der Waals surface area contributed by atoms with Crippen LogP contribution in [-0.2, 0) is 6.54 Å². The number of benzene rings is 2. The molecule has 98 valence electrons. The molecular formula is C16H16BrNO. The van der Waals surface area contributed by atoms with E-state index in [0.29, 0.717) is 5.56 Å². The van der Waals surface area contributed by atoms with E-state index < -0.39 is 0 Å². The number of aryl methyl sites for hydroxylation is 1. The summed E-state index contributed by atoms with van der Waals surface area (Å²) in [4.78, 5) is 13.0. The van der Waals surface area contributed by atoms with Gasteiger partial charge in [-0.05, 0) is 52.2 Å². The number of nitrogens with zero attached hydrogens (tertiary/aromatic N) is 1. The van der Waals surface area contributed by atoms with E-state index in [0.717, 1.165) is 23.0 Å². The van der Waals surface area contributed by atoms with Gasteiger partial charge in [-0.15, -0.1) is 0 Å². The smallest absolute Gasteiger partial charge is 0.151 e. The third-order valence-electron chi connectivity index (χ3n) is 3.22. The number of aldehydes is 1. The van der Waals surface area contributed by atoms with Crippen molar-refractivity contribution in [3.05, 3.63) is 63.6 Å². The Hall–Kier alpha value is -1.61. The minimum absolute atomic E-state index is 0.674. The number of rotatable bonds is 4. The zero-order chi connectivity index (χ0) is 13.8. The van der Waals surface area contributed by atoms with Crippen LogP contribution in [0.5, 0.6) is 0 Å². The molecule has 0 aromatic heterocycles. The summed E-state index contributed by atoms with van der Waals surface area (Å²) in [5, 5.41) is 0. The van der Waals surface area contributed by atoms with Gasteiger partial charge in [0.15, 0.2) is 6.29 Å². The molecule has 0 radical (unpaired) electrons. The first-order valence-electron chi connectivity index (χ1n) is 6.12. The standard InChI is InChI=1S/C16H16BrNO/c1-12-5-3-4-6-13(12)10-18(2)15-8-7-14(11-19)16(17)9-15/h3-9,11H,10H2,1-2H3. The maximum absolute atomic E-state index is 10.8. The molecule has 0 bridgehead atoms. The van der Waals surface area contributed by atoms with Gasteiger partial charge in [-0.25, -0.2) is 0 Å². The molecule has 0 heterocycles. The van der Waals surface area contributed by atoms with Crippen LogP contribution in [0.1, 0.15) is 21.5 Å². The first-order chi connectivity index (χ1) is 9.11. The summed E-state index contributed by atoms with van der Waals surface area (Å²) in [7, 11) is 2.05. The molecule has 0 fully saturated rings. The van der Waals surface area contributed by atoms with Crippen LogP contribution in [0, 0.1) is 6.92 Å². The molecule has 0 unspecified atom stereocenters. The summed E-state index contributed by atoms with van der Waals surface area (Å²) in [5.74, 6) is 0. The molecule has 0 saturated carbocycles. The van der Waals surface area contributed by atoms with Gasteiger partial charge in [0.2, 0.25) is 0 Å². The topological polar surface area (TPSA) is 20.3 Å². The molecule has 2 nitrogen and oxygen atoms in total. The minimum atomic E-state index is 0.674. The fourth-order valence-electron chi connectivity index (χ4n) is 1.98. The summed E-state index contributed by atoms with van der Waals surface area (Å²) in [6, 6.07) is 14.1. The summed E-state index contributed by atoms with van der Waals surface area (Å²) in [6.07, 6.45) is 0.856. The van der Waals surface area contributed by atoms with Crippen LogP contribution < -0.4 is 4.90 Å². The predicted molar refractivity (Wildman–Crippen MR) is 82.8 cm³/mol. The van der Waals surface area contributed by atoms with Gasteiger partial charge in [0.1, 0.15) is 0 Å². The monoisotopic (exact) mass is 317 g/mol. The van der Waals surface area contributed by atoms with E-state index in [1.165, 1.54) is 11.1 Å². The number of hydrogen-bond donors (Lipinski definition) is 0. The molecule has 2 aromatic rings. The van der Waals surface area contributed by atoms with Crippen molar-refractivity contribution in [2.24, 2.45) is 0 Å². The zero-order valence-corrected chi connectivity index (χ0v) is 12.6. The largest absolute Gasteiger partial charge is 0.370 e. The van der Waals surface area contributed by atoms with Crippen molar-refractivity contribution in [2.45, 2.75) is 13.5 Å². The summed E-state index contributed by atoms with van der Waals surface area (Å²) in [6.45, 7) is 2.97. The average molecular weight is 318 g/mol. The second kappa shape index (κ2) is 6.02. The number of hydrogen-bond acceptors (Lipinski definition) is 2. The lowest BCUT2D eigenvalue weighted by molar-refractivity contribution is 0.112. The molecule has 19 heavy (non-hydrogen) atoms. The van der Waals surface area contributed by atoms with Gasteiger partial charge < -0.3 is 4.90 Å². The highest BCUT2D eigenvalue weighted by Gasteiger charge is 2.06. The van der Waals surface area contributed by atoms with Crippen molar-refractivity contribution in [3.63, 3.8) is 0 Å². The van der Waals surface area contributed by atoms with Crippen molar-refractivity contribution in [2.75, 3.05) is 11.9 Å². The fraction of sp³-hybridized carbons (Fsp3) is 0.188. The second-order valence-corrected chi connectivity index (χ2v) is 5.46. The van der Waals surface area contributed by atoms with Crippen LogP contribution in [0.2, 0.25) is 0 Å². The molecule has 0 aliphatic carbocycles. The van der Waals surface area contributed by atoms with Gasteiger partial charge in [0, 0.05) is 29.3 Å². The maximum atomic E-state index is 10.8. The number of carbonyl (C=O) groups is 1. The molecule has 0 N–H and O–H groups in total. The van der Waals surface area contributed by atoms with Crippen LogP contribution >= 0.6 is 15.9 Å². The maximum Gasteiger partial charge on any atom is 0.151 e. The lowest BCUT2D eigenvalue weighted by atomic mass is 10.1. The van der Waals surface area contributed by atoms with Crippen molar-refractivity contribution in [3.8, 4) is 0 Å². The molecule has 3 heteroatoms. The Kier molecular flexibility index (Phi) is 4.38. The molecule has 0 aliphatic rings. The van der Waals surface area contributed by atoms with Gasteiger partial charge in [-0.1, -0.05) is 24.3 Å². The highest BCUT2D eigenvalue weighted by Crippen LogP contribution is 2.24. The van der Waals surface area contributed by atoms with Crippen molar-refractivity contribution >= 4 is 27.9 Å². The molecule has 0 atom stereocenters. The molecule has 0 spiro atoms. The van der Waals surface area contributed by atoms with Gasteiger partial charge in [-0.2, -0.15) is 0 Å². The highest BCUT2D eigenvalue weighted by atomic mass is 79.9. The molecule has 0 saturated heterocycles. The lowest BCUT2D eigenvalue weighted by Crippen LogP contribution is -2.17. The van der Waals surface area contributed by atoms with Crippen LogP contribution in [0.4, 0.5) is 5.69 Å². The third kappa shape index (κ3) is 3.24. The average Bonchev–Trinajstić information content (AvgIpc) is 2.41. The molecular weight excluding hydrogens is 302 g/mol. The van der Waals surface area contributed by atoms with E-state index in [9.17, 15) is 4.79 Å². The van der Waals surface area contributed by atoms with Gasteiger partial charge in [0.05, 0.1) is 0 Å². The molecule has 2 aromatic carbocycles. The Morgan fingerprint density at radius 3 is 2.58 bits per heavy atom. The van der Waals surface area contributed by atoms with Gasteiger partial charge in [0.25, 0.3) is 0 Å². The minimum Gasteiger partial charge on any atom is -0.370 e. The Labute approximate surface area is 122 Å². The van der Waals surface area contributed by atoms with E-state index >= 15 is 0 Å². The van der Waals surface area contributed by atoms with E-state index in [2.05, 4.69) is 53.0 Å². The Morgan fingerprint density at radius 2 is 1.95 bits per heavy atom. The quantitative estimate of drug-likeness (QED) is 0.787. The van der Waals surface area contributed by atoms with Gasteiger partial charge in [-0.3, -0.25) is 4.79 Å². The highest BCUT2D eigenvalue weighted by molar-refractivity contribution is 9.10. The third-order valence-corrected chi connectivity index (χ3v) is 3.91. The molecule has 2 rings (SSSR count). The Balaban J connectivity index is 2.20. The number of carbonyl (C=O) groups excluding carboxylic acids is 1. The number of halogens is 1. The molecule has 0 amide bonds. The first-order valence-corrected chi connectivity index (χ1v) is 6.91. The number of anilines is 1. The summed E-state index contributed by atoms with van der Waals surface area (Å²) in [5.41, 5.74) is 4.35. The van der Waals surface area contributed by atoms with Crippen LogP contribution in [0.15, 0.2) is 46.9 Å². The summed E-state index contributed by atoms with van der Waals surface area (Å²) < 4.78 is 0.830. The Bertz CT molecular complexity index is 595. The Morgan fingerprint density at radius 1 is 1.21 bits per heavy atom. The van der Waals surface area contributed by atoms with Crippen molar-refractivity contribution < 1.29 is 4.79 Å². The van der Waals surface area contributed by atoms with Crippen molar-refractivity contribution in [1.82, 2.24) is 0 Å². The lowest BCUT2D eigenvalue weighted by Gasteiger charge is -2.21. The molecule has 0 aliphatic heterocycles. The zero-order valence-electron chi connectivity index (χ0n) is 11.1. The SMILES string of the molecule is Cc1ccccc1CN(C)c1ccc(C=O)c(Br)c1. The first kappa shape index (κ1) is 13.8. The van der Waals surface area contributed by atoms with Crippen LogP contribution in [-0.4, -0.2) is 13.3 Å². The van der Waals surface area contributed by atoms with Crippen molar-refractivity contribution in [1.29, 1.82) is 0 Å². The van der Waals surface area contributed by atoms with E-state index in [4.69, 9.17) is 0 Å².